The second kappa shape index (κ2) is 3.07. The number of nitrogens with one attached hydrogen (secondary N) is 1. The molecule has 0 saturated heterocycles. The molecule has 0 atom stereocenters. The summed E-state index contributed by atoms with van der Waals surface area (Å²) in [5.74, 6) is 0. The lowest BCUT2D eigenvalue weighted by molar-refractivity contribution is 1.18. The van der Waals surface area contributed by atoms with E-state index in [1.807, 2.05) is 31.2 Å². The summed E-state index contributed by atoms with van der Waals surface area (Å²) in [7, 11) is 0. The molecule has 0 fully saturated rings. The molecular formula is C13H9N3. The van der Waals surface area contributed by atoms with E-state index in [1.165, 1.54) is 0 Å². The van der Waals surface area contributed by atoms with E-state index in [4.69, 9.17) is 5.26 Å². The van der Waals surface area contributed by atoms with Crippen molar-refractivity contribution in [3.8, 4) is 6.07 Å². The summed E-state index contributed by atoms with van der Waals surface area (Å²) in [6, 6.07) is 12.2. The Balaban J connectivity index is 2.60. The SMILES string of the molecule is Cc1cc2c([nH]c3ccccc32)c(C#N)n1. The number of rotatable bonds is 0. The number of fused-ring (bicyclic) bond motifs is 3. The Morgan fingerprint density at radius 1 is 1.25 bits per heavy atom. The van der Waals surface area contributed by atoms with E-state index in [1.54, 1.807) is 0 Å². The molecule has 0 spiro atoms. The predicted octanol–water partition coefficient (Wildman–Crippen LogP) is 2.90. The monoisotopic (exact) mass is 207 g/mol. The third kappa shape index (κ3) is 1.10. The number of para-hydroxylation sites is 1. The molecule has 0 bridgehead atoms. The molecule has 0 aliphatic rings. The number of aryl methyl sites for hydroxylation is 1. The normalized spacial score (nSPS) is 10.8. The van der Waals surface area contributed by atoms with Gasteiger partial charge in [-0.1, -0.05) is 18.2 Å². The fourth-order valence-electron chi connectivity index (χ4n) is 2.05. The molecule has 0 amide bonds. The fraction of sp³-hybridized carbons (Fsp3) is 0.0769. The summed E-state index contributed by atoms with van der Waals surface area (Å²) in [5, 5.41) is 11.3. The summed E-state index contributed by atoms with van der Waals surface area (Å²) >= 11 is 0. The maximum absolute atomic E-state index is 9.05. The van der Waals surface area contributed by atoms with Gasteiger partial charge in [-0.05, 0) is 19.1 Å². The lowest BCUT2D eigenvalue weighted by atomic mass is 10.1. The van der Waals surface area contributed by atoms with Crippen LogP contribution in [0.1, 0.15) is 11.4 Å². The third-order valence-electron chi connectivity index (χ3n) is 2.73. The van der Waals surface area contributed by atoms with Gasteiger partial charge in [0, 0.05) is 22.0 Å². The molecule has 0 unspecified atom stereocenters. The molecule has 3 heteroatoms. The van der Waals surface area contributed by atoms with Crippen LogP contribution in [0.25, 0.3) is 21.8 Å². The Bertz CT molecular complexity index is 732. The Morgan fingerprint density at radius 3 is 2.88 bits per heavy atom. The quantitative estimate of drug-likeness (QED) is 0.616. The maximum atomic E-state index is 9.05. The molecule has 76 valence electrons. The van der Waals surface area contributed by atoms with Crippen molar-refractivity contribution < 1.29 is 0 Å². The molecule has 3 rings (SSSR count). The van der Waals surface area contributed by atoms with Crippen LogP contribution < -0.4 is 0 Å². The molecule has 2 aromatic heterocycles. The van der Waals surface area contributed by atoms with E-state index in [9.17, 15) is 0 Å². The number of H-pyrrole nitrogens is 1. The lowest BCUT2D eigenvalue weighted by Crippen LogP contribution is -1.87. The zero-order chi connectivity index (χ0) is 11.1. The average molecular weight is 207 g/mol. The van der Waals surface area contributed by atoms with E-state index in [0.717, 1.165) is 27.5 Å². The fourth-order valence-corrected chi connectivity index (χ4v) is 2.05. The molecule has 16 heavy (non-hydrogen) atoms. The van der Waals surface area contributed by atoms with Crippen LogP contribution in [0, 0.1) is 18.3 Å². The van der Waals surface area contributed by atoms with E-state index >= 15 is 0 Å². The van der Waals surface area contributed by atoms with E-state index < -0.39 is 0 Å². The van der Waals surface area contributed by atoms with Gasteiger partial charge in [-0.25, -0.2) is 4.98 Å². The molecule has 1 N–H and O–H groups in total. The van der Waals surface area contributed by atoms with E-state index in [-0.39, 0.29) is 0 Å². The summed E-state index contributed by atoms with van der Waals surface area (Å²) in [6.07, 6.45) is 0. The summed E-state index contributed by atoms with van der Waals surface area (Å²) < 4.78 is 0. The summed E-state index contributed by atoms with van der Waals surface area (Å²) in [5.41, 5.74) is 3.20. The Kier molecular flexibility index (Phi) is 1.72. The number of aromatic nitrogens is 2. The molecule has 3 nitrogen and oxygen atoms in total. The number of aromatic amines is 1. The first-order valence-corrected chi connectivity index (χ1v) is 5.08. The minimum atomic E-state index is 0.464. The highest BCUT2D eigenvalue weighted by molar-refractivity contribution is 6.08. The first kappa shape index (κ1) is 8.93. The standard InChI is InChI=1S/C13H9N3/c1-8-6-10-9-4-2-3-5-11(9)16-13(10)12(7-14)15-8/h2-6,16H,1H3. The topological polar surface area (TPSA) is 52.5 Å². The minimum Gasteiger partial charge on any atom is -0.352 e. The lowest BCUT2D eigenvalue weighted by Gasteiger charge is -1.95. The number of benzene rings is 1. The molecular weight excluding hydrogens is 198 g/mol. The van der Waals surface area contributed by atoms with Crippen LogP contribution in [0.5, 0.6) is 0 Å². The van der Waals surface area contributed by atoms with Crippen molar-refractivity contribution in [1.29, 1.82) is 5.26 Å². The van der Waals surface area contributed by atoms with Gasteiger partial charge in [-0.3, -0.25) is 0 Å². The van der Waals surface area contributed by atoms with E-state index in [0.29, 0.717) is 5.69 Å². The molecule has 2 heterocycles. The second-order valence-electron chi connectivity index (χ2n) is 3.82. The predicted molar refractivity (Wildman–Crippen MR) is 63.1 cm³/mol. The van der Waals surface area contributed by atoms with Gasteiger partial charge in [0.05, 0.1) is 5.52 Å². The van der Waals surface area contributed by atoms with Crippen LogP contribution in [0.2, 0.25) is 0 Å². The molecule has 0 radical (unpaired) electrons. The van der Waals surface area contributed by atoms with Gasteiger partial charge in [0.1, 0.15) is 6.07 Å². The number of nitriles is 1. The molecule has 3 aromatic rings. The Labute approximate surface area is 92.3 Å². The van der Waals surface area contributed by atoms with E-state index in [2.05, 4.69) is 22.1 Å². The zero-order valence-electron chi connectivity index (χ0n) is 8.78. The highest BCUT2D eigenvalue weighted by Crippen LogP contribution is 2.26. The van der Waals surface area contributed by atoms with Crippen molar-refractivity contribution in [2.24, 2.45) is 0 Å². The zero-order valence-corrected chi connectivity index (χ0v) is 8.78. The number of hydrogen-bond acceptors (Lipinski definition) is 2. The largest absolute Gasteiger partial charge is 0.352 e. The highest BCUT2D eigenvalue weighted by atomic mass is 14.8. The van der Waals surface area contributed by atoms with Crippen molar-refractivity contribution in [3.05, 3.63) is 41.7 Å². The second-order valence-corrected chi connectivity index (χ2v) is 3.82. The van der Waals surface area contributed by atoms with Gasteiger partial charge in [-0.2, -0.15) is 5.26 Å². The molecule has 0 aliphatic carbocycles. The van der Waals surface area contributed by atoms with Gasteiger partial charge in [0.25, 0.3) is 0 Å². The van der Waals surface area contributed by atoms with Crippen molar-refractivity contribution in [1.82, 2.24) is 9.97 Å². The van der Waals surface area contributed by atoms with Crippen molar-refractivity contribution in [3.63, 3.8) is 0 Å². The van der Waals surface area contributed by atoms with Gasteiger partial charge in [0.15, 0.2) is 5.69 Å². The minimum absolute atomic E-state index is 0.464. The molecule has 1 aromatic carbocycles. The van der Waals surface area contributed by atoms with Gasteiger partial charge < -0.3 is 4.98 Å². The van der Waals surface area contributed by atoms with Crippen LogP contribution in [0.15, 0.2) is 30.3 Å². The first-order chi connectivity index (χ1) is 7.79. The average Bonchev–Trinajstić information content (AvgIpc) is 2.67. The van der Waals surface area contributed by atoms with Crippen LogP contribution in [0.3, 0.4) is 0 Å². The van der Waals surface area contributed by atoms with Crippen LogP contribution in [-0.4, -0.2) is 9.97 Å². The smallest absolute Gasteiger partial charge is 0.164 e. The number of nitrogens with zero attached hydrogens (tertiary/aromatic N) is 2. The number of hydrogen-bond donors (Lipinski definition) is 1. The van der Waals surface area contributed by atoms with Crippen molar-refractivity contribution >= 4 is 21.8 Å². The van der Waals surface area contributed by atoms with Gasteiger partial charge in [0.2, 0.25) is 0 Å². The third-order valence-corrected chi connectivity index (χ3v) is 2.73. The van der Waals surface area contributed by atoms with Crippen LogP contribution >= 0.6 is 0 Å². The van der Waals surface area contributed by atoms with Gasteiger partial charge in [-0.15, -0.1) is 0 Å². The molecule has 0 aliphatic heterocycles. The van der Waals surface area contributed by atoms with Crippen LogP contribution in [-0.2, 0) is 0 Å². The van der Waals surface area contributed by atoms with Crippen molar-refractivity contribution in [2.75, 3.05) is 0 Å². The summed E-state index contributed by atoms with van der Waals surface area (Å²) in [4.78, 5) is 7.46. The Hall–Kier alpha value is -2.34. The number of pyridine rings is 1. The molecule has 0 saturated carbocycles. The van der Waals surface area contributed by atoms with Crippen LogP contribution in [0.4, 0.5) is 0 Å². The van der Waals surface area contributed by atoms with Gasteiger partial charge >= 0.3 is 0 Å². The van der Waals surface area contributed by atoms with Crippen molar-refractivity contribution in [2.45, 2.75) is 6.92 Å². The highest BCUT2D eigenvalue weighted by Gasteiger charge is 2.09. The maximum Gasteiger partial charge on any atom is 0.164 e. The first-order valence-electron chi connectivity index (χ1n) is 5.08. The Morgan fingerprint density at radius 2 is 2.06 bits per heavy atom. The summed E-state index contributed by atoms with van der Waals surface area (Å²) in [6.45, 7) is 1.90.